The van der Waals surface area contributed by atoms with E-state index in [0.29, 0.717) is 12.3 Å². The minimum absolute atomic E-state index is 0.411. The van der Waals surface area contributed by atoms with Crippen LogP contribution in [0.5, 0.6) is 5.75 Å². The maximum absolute atomic E-state index is 10.1. The Labute approximate surface area is 104 Å². The van der Waals surface area contributed by atoms with E-state index in [0.717, 1.165) is 10.7 Å². The molecule has 0 amide bonds. The molecule has 0 radical (unpaired) electrons. The molecule has 0 aliphatic heterocycles. The number of thiazole rings is 1. The Bertz CT molecular complexity index is 459. The first-order valence-corrected chi connectivity index (χ1v) is 6.13. The van der Waals surface area contributed by atoms with Crippen LogP contribution in [0.1, 0.15) is 11.7 Å². The monoisotopic (exact) mass is 250 g/mol. The Morgan fingerprint density at radius 1 is 1.47 bits per heavy atom. The van der Waals surface area contributed by atoms with E-state index in [-0.39, 0.29) is 0 Å². The summed E-state index contributed by atoms with van der Waals surface area (Å²) in [6.07, 6.45) is 1.11. The molecule has 2 aromatic rings. The van der Waals surface area contributed by atoms with Gasteiger partial charge in [-0.05, 0) is 6.07 Å². The molecule has 0 bridgehead atoms. The van der Waals surface area contributed by atoms with Crippen molar-refractivity contribution in [3.8, 4) is 5.75 Å². The Morgan fingerprint density at radius 3 is 3.00 bits per heavy atom. The molecule has 0 spiro atoms. The normalized spacial score (nSPS) is 12.1. The first kappa shape index (κ1) is 11.9. The molecule has 4 nitrogen and oxygen atoms in total. The summed E-state index contributed by atoms with van der Waals surface area (Å²) in [7, 11) is 1.60. The molecule has 0 saturated carbocycles. The molecule has 5 heteroatoms. The number of hydrogen-bond acceptors (Lipinski definition) is 5. The highest BCUT2D eigenvalue weighted by Gasteiger charge is 2.12. The van der Waals surface area contributed by atoms with Crippen molar-refractivity contribution < 1.29 is 9.84 Å². The first-order chi connectivity index (χ1) is 8.31. The van der Waals surface area contributed by atoms with Gasteiger partial charge in [-0.25, -0.2) is 4.98 Å². The molecule has 0 saturated heterocycles. The molecule has 0 aliphatic carbocycles. The topological polar surface area (TPSA) is 54.4 Å². The summed E-state index contributed by atoms with van der Waals surface area (Å²) in [5, 5.41) is 15.8. The van der Waals surface area contributed by atoms with Crippen LogP contribution in [0.4, 0.5) is 5.13 Å². The molecule has 1 atom stereocenters. The summed E-state index contributed by atoms with van der Waals surface area (Å²) in [5.74, 6) is 0.695. The van der Waals surface area contributed by atoms with E-state index in [1.165, 1.54) is 11.3 Å². The lowest BCUT2D eigenvalue weighted by Gasteiger charge is -2.14. The Hall–Kier alpha value is -1.59. The second-order valence-electron chi connectivity index (χ2n) is 3.48. The van der Waals surface area contributed by atoms with E-state index in [2.05, 4.69) is 10.3 Å². The van der Waals surface area contributed by atoms with Gasteiger partial charge in [0.05, 0.1) is 13.2 Å². The Balaban J connectivity index is 2.01. The lowest BCUT2D eigenvalue weighted by Crippen LogP contribution is -2.12. The standard InChI is InChI=1S/C12H14N2O2S/c1-16-11-5-3-2-4-9(11)10(15)8-14-12-13-6-7-17-12/h2-7,10,15H,8H2,1H3,(H,13,14)/t10-/m1/s1. The summed E-state index contributed by atoms with van der Waals surface area (Å²) in [6, 6.07) is 7.45. The lowest BCUT2D eigenvalue weighted by molar-refractivity contribution is 0.187. The zero-order valence-electron chi connectivity index (χ0n) is 9.46. The molecule has 1 heterocycles. The summed E-state index contributed by atoms with van der Waals surface area (Å²) in [5.41, 5.74) is 0.777. The first-order valence-electron chi connectivity index (χ1n) is 5.25. The van der Waals surface area contributed by atoms with E-state index >= 15 is 0 Å². The quantitative estimate of drug-likeness (QED) is 0.855. The van der Waals surface area contributed by atoms with Crippen molar-refractivity contribution >= 4 is 16.5 Å². The molecule has 2 rings (SSSR count). The predicted molar refractivity (Wildman–Crippen MR) is 68.6 cm³/mol. The highest BCUT2D eigenvalue weighted by atomic mass is 32.1. The molecule has 0 fully saturated rings. The van der Waals surface area contributed by atoms with Crippen LogP contribution in [0.2, 0.25) is 0 Å². The van der Waals surface area contributed by atoms with Gasteiger partial charge >= 0.3 is 0 Å². The van der Waals surface area contributed by atoms with Gasteiger partial charge in [0, 0.05) is 23.7 Å². The van der Waals surface area contributed by atoms with Gasteiger partial charge in [0.25, 0.3) is 0 Å². The number of ether oxygens (including phenoxy) is 1. The number of hydrogen-bond donors (Lipinski definition) is 2. The largest absolute Gasteiger partial charge is 0.496 e. The van der Waals surface area contributed by atoms with Gasteiger partial charge in [-0.2, -0.15) is 0 Å². The minimum atomic E-state index is -0.616. The number of nitrogens with one attached hydrogen (secondary N) is 1. The van der Waals surface area contributed by atoms with E-state index in [1.54, 1.807) is 13.3 Å². The average molecular weight is 250 g/mol. The second-order valence-corrected chi connectivity index (χ2v) is 4.37. The van der Waals surface area contributed by atoms with Gasteiger partial charge < -0.3 is 15.2 Å². The summed E-state index contributed by atoms with van der Waals surface area (Å²) in [6.45, 7) is 0.411. The number of anilines is 1. The molecular formula is C12H14N2O2S. The van der Waals surface area contributed by atoms with Crippen molar-refractivity contribution in [2.75, 3.05) is 19.0 Å². The lowest BCUT2D eigenvalue weighted by atomic mass is 10.1. The van der Waals surface area contributed by atoms with Crippen LogP contribution in [-0.4, -0.2) is 23.7 Å². The van der Waals surface area contributed by atoms with Gasteiger partial charge in [0.1, 0.15) is 5.75 Å². The van der Waals surface area contributed by atoms with E-state index < -0.39 is 6.10 Å². The van der Waals surface area contributed by atoms with Crippen LogP contribution in [0.3, 0.4) is 0 Å². The fourth-order valence-corrected chi connectivity index (χ4v) is 2.09. The molecule has 2 N–H and O–H groups in total. The number of methoxy groups -OCH3 is 1. The van der Waals surface area contributed by atoms with Crippen LogP contribution in [0.15, 0.2) is 35.8 Å². The van der Waals surface area contributed by atoms with Crippen molar-refractivity contribution in [2.45, 2.75) is 6.10 Å². The highest BCUT2D eigenvalue weighted by Crippen LogP contribution is 2.25. The third-order valence-corrected chi connectivity index (χ3v) is 3.11. The fraction of sp³-hybridized carbons (Fsp3) is 0.250. The number of benzene rings is 1. The van der Waals surface area contributed by atoms with Crippen molar-refractivity contribution in [1.82, 2.24) is 4.98 Å². The molecule has 90 valence electrons. The Kier molecular flexibility index (Phi) is 3.95. The number of aromatic nitrogens is 1. The number of rotatable bonds is 5. The van der Waals surface area contributed by atoms with Crippen LogP contribution >= 0.6 is 11.3 Å². The highest BCUT2D eigenvalue weighted by molar-refractivity contribution is 7.13. The summed E-state index contributed by atoms with van der Waals surface area (Å²) >= 11 is 1.51. The van der Waals surface area contributed by atoms with Crippen LogP contribution in [0.25, 0.3) is 0 Å². The maximum Gasteiger partial charge on any atom is 0.182 e. The van der Waals surface area contributed by atoms with Gasteiger partial charge in [0.2, 0.25) is 0 Å². The van der Waals surface area contributed by atoms with Gasteiger partial charge in [-0.3, -0.25) is 0 Å². The number of aliphatic hydroxyl groups excluding tert-OH is 1. The van der Waals surface area contributed by atoms with E-state index in [4.69, 9.17) is 4.74 Å². The predicted octanol–water partition coefficient (Wildman–Crippen LogP) is 2.30. The number of aliphatic hydroxyl groups is 1. The van der Waals surface area contributed by atoms with Crippen molar-refractivity contribution in [3.63, 3.8) is 0 Å². The third kappa shape index (κ3) is 2.95. The van der Waals surface area contributed by atoms with Crippen LogP contribution in [0, 0.1) is 0 Å². The number of para-hydroxylation sites is 1. The third-order valence-electron chi connectivity index (χ3n) is 2.38. The van der Waals surface area contributed by atoms with Gasteiger partial charge in [0.15, 0.2) is 5.13 Å². The zero-order chi connectivity index (χ0) is 12.1. The molecule has 0 unspecified atom stereocenters. The summed E-state index contributed by atoms with van der Waals surface area (Å²) < 4.78 is 5.20. The van der Waals surface area contributed by atoms with E-state index in [1.807, 2.05) is 29.6 Å². The SMILES string of the molecule is COc1ccccc1[C@H](O)CNc1nccs1. The van der Waals surface area contributed by atoms with Crippen molar-refractivity contribution in [1.29, 1.82) is 0 Å². The van der Waals surface area contributed by atoms with Crippen LogP contribution in [-0.2, 0) is 0 Å². The average Bonchev–Trinajstić information content (AvgIpc) is 2.89. The molecular weight excluding hydrogens is 236 g/mol. The second kappa shape index (κ2) is 5.65. The van der Waals surface area contributed by atoms with Crippen LogP contribution < -0.4 is 10.1 Å². The van der Waals surface area contributed by atoms with E-state index in [9.17, 15) is 5.11 Å². The minimum Gasteiger partial charge on any atom is -0.496 e. The Morgan fingerprint density at radius 2 is 2.29 bits per heavy atom. The van der Waals surface area contributed by atoms with Crippen molar-refractivity contribution in [3.05, 3.63) is 41.4 Å². The molecule has 0 aliphatic rings. The smallest absolute Gasteiger partial charge is 0.182 e. The molecule has 17 heavy (non-hydrogen) atoms. The van der Waals surface area contributed by atoms with Gasteiger partial charge in [-0.15, -0.1) is 11.3 Å². The zero-order valence-corrected chi connectivity index (χ0v) is 10.3. The summed E-state index contributed by atoms with van der Waals surface area (Å²) in [4.78, 5) is 4.09. The molecule has 1 aromatic carbocycles. The maximum atomic E-state index is 10.1. The molecule has 1 aromatic heterocycles. The van der Waals surface area contributed by atoms with Gasteiger partial charge in [-0.1, -0.05) is 18.2 Å². The number of nitrogens with zero attached hydrogens (tertiary/aromatic N) is 1. The van der Waals surface area contributed by atoms with Crippen molar-refractivity contribution in [2.24, 2.45) is 0 Å². The fourth-order valence-electron chi connectivity index (χ4n) is 1.55.